The van der Waals surface area contributed by atoms with Crippen LogP contribution in [0.3, 0.4) is 0 Å². The second-order valence-corrected chi connectivity index (χ2v) is 33.4. The molecule has 448 valence electrons. The first-order chi connectivity index (χ1) is 40.5. The van der Waals surface area contributed by atoms with Crippen molar-refractivity contribution < 1.29 is 61.2 Å². The second kappa shape index (κ2) is 24.5. The van der Waals surface area contributed by atoms with Crippen molar-refractivity contribution in [2.75, 3.05) is 63.5 Å². The van der Waals surface area contributed by atoms with Gasteiger partial charge in [0.05, 0.1) is 62.2 Å². The summed E-state index contributed by atoms with van der Waals surface area (Å²) >= 11 is 0. The van der Waals surface area contributed by atoms with E-state index in [1.807, 2.05) is 87.2 Å². The van der Waals surface area contributed by atoms with Crippen LogP contribution in [-0.4, -0.2) is 118 Å². The normalized spacial score (nSPS) is 18.6. The molecule has 4 aliphatic rings. The molecule has 85 heavy (non-hydrogen) atoms. The van der Waals surface area contributed by atoms with E-state index in [2.05, 4.69) is 87.9 Å². The van der Waals surface area contributed by atoms with Crippen LogP contribution in [0.1, 0.15) is 77.3 Å². The molecule has 10 rings (SSSR count). The summed E-state index contributed by atoms with van der Waals surface area (Å²) in [5.74, 6) is -0.129. The Labute approximate surface area is 499 Å². The first-order valence-electron chi connectivity index (χ1n) is 29.4. The van der Waals surface area contributed by atoms with Crippen LogP contribution in [0.15, 0.2) is 119 Å². The Kier molecular flexibility index (Phi) is 17.5. The lowest BCUT2D eigenvalue weighted by Gasteiger charge is -2.45. The zero-order valence-electron chi connectivity index (χ0n) is 50.5. The molecule has 6 aromatic carbocycles. The van der Waals surface area contributed by atoms with Crippen molar-refractivity contribution in [2.45, 2.75) is 127 Å². The van der Waals surface area contributed by atoms with E-state index in [4.69, 9.17) is 52.0 Å². The Hall–Kier alpha value is -7.43. The summed E-state index contributed by atoms with van der Waals surface area (Å²) in [4.78, 5) is 64.9. The molecule has 4 heterocycles. The highest BCUT2D eigenvalue weighted by Gasteiger charge is 2.60. The van der Waals surface area contributed by atoms with E-state index in [1.54, 1.807) is 24.3 Å². The minimum atomic E-state index is -1.99. The van der Waals surface area contributed by atoms with Crippen LogP contribution in [0.4, 0.5) is 22.7 Å². The molecular formula is C66H78N4O13Si2. The van der Waals surface area contributed by atoms with Crippen LogP contribution < -0.4 is 28.7 Å². The van der Waals surface area contributed by atoms with E-state index in [0.29, 0.717) is 47.6 Å². The van der Waals surface area contributed by atoms with Crippen molar-refractivity contribution in [3.05, 3.63) is 120 Å². The van der Waals surface area contributed by atoms with Crippen LogP contribution in [0, 0.1) is 0 Å². The standard InChI is InChI=1S/C66H78N4O13Si2/c1-63(2)51-17-11-13-19-53(51)69(5)65(63)43-67-61-49-41-47(25-21-45(49)23-27-55(61)81-65)79-59(73)31-29-57(71)77-37-35-75-33-15-39-84(7,8)83-85(9,10)40-16-34-76-36-38-78-58(72)30-32-60(74)80-48-26-22-46-24-28-56-62(50(46)42-48)68-44-66(82-56)64(3,4)52-18-12-14-20-54(52)70(66)6/h11-14,17-28,41-44H,15-16,29-40H2,1-10H3. The van der Waals surface area contributed by atoms with Gasteiger partial charge >= 0.3 is 23.9 Å². The van der Waals surface area contributed by atoms with Crippen molar-refractivity contribution in [3.63, 3.8) is 0 Å². The Morgan fingerprint density at radius 3 is 1.29 bits per heavy atom. The third-order valence-corrected chi connectivity index (χ3v) is 24.5. The number of aliphatic imine (C=N–C) groups is 2. The molecule has 0 amide bonds. The minimum Gasteiger partial charge on any atom is -0.463 e. The smallest absolute Gasteiger partial charge is 0.311 e. The number of fused-ring (bicyclic) bond motifs is 8. The topological polar surface area (TPSA) is 183 Å². The molecule has 17 nitrogen and oxygen atoms in total. The Morgan fingerprint density at radius 1 is 0.494 bits per heavy atom. The molecular weight excluding hydrogens is 1110 g/mol. The van der Waals surface area contributed by atoms with E-state index in [1.165, 1.54) is 11.1 Å². The highest BCUT2D eigenvalue weighted by Crippen LogP contribution is 2.56. The average molecular weight is 1190 g/mol. The number of nitrogens with zero attached hydrogens (tertiary/aromatic N) is 4. The number of carbonyl (C=O) groups is 4. The molecule has 2 atom stereocenters. The number of anilines is 2. The summed E-state index contributed by atoms with van der Waals surface area (Å²) < 4.78 is 54.0. The summed E-state index contributed by atoms with van der Waals surface area (Å²) in [6.45, 7) is 19.3. The number of para-hydroxylation sites is 2. The summed E-state index contributed by atoms with van der Waals surface area (Å²) in [5, 5.41) is 3.41. The maximum absolute atomic E-state index is 12.9. The number of hydrogen-bond donors (Lipinski definition) is 0. The van der Waals surface area contributed by atoms with Crippen molar-refractivity contribution in [2.24, 2.45) is 9.98 Å². The molecule has 0 saturated carbocycles. The van der Waals surface area contributed by atoms with Crippen molar-refractivity contribution in [3.8, 4) is 23.0 Å². The van der Waals surface area contributed by atoms with E-state index < -0.39 is 52.0 Å². The fourth-order valence-electron chi connectivity index (χ4n) is 12.4. The van der Waals surface area contributed by atoms with Crippen molar-refractivity contribution in [1.29, 1.82) is 0 Å². The van der Waals surface area contributed by atoms with Crippen LogP contribution in [0.25, 0.3) is 21.5 Å². The molecule has 2 spiro atoms. The molecule has 0 radical (unpaired) electrons. The van der Waals surface area contributed by atoms with Gasteiger partial charge in [0.15, 0.2) is 16.6 Å². The van der Waals surface area contributed by atoms with Gasteiger partial charge in [-0.1, -0.05) is 60.7 Å². The molecule has 6 aromatic rings. The van der Waals surface area contributed by atoms with Gasteiger partial charge in [0.2, 0.25) is 11.4 Å². The molecule has 0 bridgehead atoms. The minimum absolute atomic E-state index is 0.0867. The Bertz CT molecular complexity index is 3350. The van der Waals surface area contributed by atoms with E-state index in [9.17, 15) is 19.2 Å². The lowest BCUT2D eigenvalue weighted by atomic mass is 9.77. The van der Waals surface area contributed by atoms with Crippen LogP contribution in [0.5, 0.6) is 23.0 Å². The molecule has 0 aromatic heterocycles. The third kappa shape index (κ3) is 12.5. The molecule has 0 fully saturated rings. The maximum atomic E-state index is 12.9. The van der Waals surface area contributed by atoms with Crippen molar-refractivity contribution >= 4 is 97.2 Å². The largest absolute Gasteiger partial charge is 0.463 e. The number of hydrogen-bond acceptors (Lipinski definition) is 17. The number of benzene rings is 6. The fourth-order valence-corrected chi connectivity index (χ4v) is 21.2. The lowest BCUT2D eigenvalue weighted by molar-refractivity contribution is -0.148. The summed E-state index contributed by atoms with van der Waals surface area (Å²) in [6, 6.07) is 37.0. The van der Waals surface area contributed by atoms with Gasteiger partial charge in [0.1, 0.15) is 47.6 Å². The van der Waals surface area contributed by atoms with Crippen molar-refractivity contribution in [1.82, 2.24) is 0 Å². The second-order valence-electron chi connectivity index (χ2n) is 24.5. The zero-order valence-corrected chi connectivity index (χ0v) is 52.5. The highest BCUT2D eigenvalue weighted by molar-refractivity contribution is 6.84. The fraction of sp³-hybridized carbons (Fsp3) is 0.424. The SMILES string of the molecule is CN1c2ccccc2C(C)(C)C12C=Nc1c(ccc3ccc(OC(=O)CCC(=O)OCCOCCC[Si](C)(C)O[Si](C)(C)CCCOCCOC(=O)CCC(=O)Oc4ccc5ccc6c(c5c4)N=CC4(O6)N(C)c5ccccc5C4(C)C)cc13)O2. The number of carbonyl (C=O) groups excluding carboxylic acids is 4. The predicted molar refractivity (Wildman–Crippen MR) is 335 cm³/mol. The number of likely N-dealkylation sites (N-methyl/N-ethyl adjacent to an activating group) is 2. The monoisotopic (exact) mass is 1190 g/mol. The van der Waals surface area contributed by atoms with Gasteiger partial charge in [0.25, 0.3) is 0 Å². The van der Waals surface area contributed by atoms with Gasteiger partial charge in [-0.05, 0) is 149 Å². The summed E-state index contributed by atoms with van der Waals surface area (Å²) in [7, 11) is 0.0650. The Balaban J connectivity index is 0.556. The van der Waals surface area contributed by atoms with Crippen LogP contribution >= 0.6 is 0 Å². The van der Waals surface area contributed by atoms with Gasteiger partial charge in [-0.15, -0.1) is 0 Å². The van der Waals surface area contributed by atoms with Gasteiger partial charge < -0.3 is 51.8 Å². The maximum Gasteiger partial charge on any atom is 0.311 e. The highest BCUT2D eigenvalue weighted by atomic mass is 28.4. The predicted octanol–water partition coefficient (Wildman–Crippen LogP) is 12.8. The van der Waals surface area contributed by atoms with Gasteiger partial charge in [-0.3, -0.25) is 29.2 Å². The summed E-state index contributed by atoms with van der Waals surface area (Å²) in [6.07, 6.45) is 4.89. The Morgan fingerprint density at radius 2 is 0.882 bits per heavy atom. The summed E-state index contributed by atoms with van der Waals surface area (Å²) in [5.41, 5.74) is 3.45. The first-order valence-corrected chi connectivity index (χ1v) is 35.6. The molecule has 0 saturated heterocycles. The molecule has 19 heteroatoms. The zero-order chi connectivity index (χ0) is 60.4. The van der Waals surface area contributed by atoms with Crippen LogP contribution in [0.2, 0.25) is 38.3 Å². The lowest BCUT2D eigenvalue weighted by Crippen LogP contribution is -2.61. The van der Waals surface area contributed by atoms with E-state index >= 15 is 0 Å². The molecule has 2 unspecified atom stereocenters. The molecule has 0 aliphatic carbocycles. The first kappa shape index (κ1) is 60.7. The molecule has 0 N–H and O–H groups in total. The van der Waals surface area contributed by atoms with Gasteiger partial charge in [0, 0.05) is 49.5 Å². The quantitative estimate of drug-likeness (QED) is 0.0241. The third-order valence-electron chi connectivity index (χ3n) is 17.0. The number of ether oxygens (including phenoxy) is 8. The number of esters is 4. The van der Waals surface area contributed by atoms with E-state index in [0.717, 1.165) is 57.8 Å². The van der Waals surface area contributed by atoms with Gasteiger partial charge in [-0.2, -0.15) is 0 Å². The van der Waals surface area contributed by atoms with E-state index in [-0.39, 0.29) is 62.9 Å². The molecule has 4 aliphatic heterocycles. The van der Waals surface area contributed by atoms with Gasteiger partial charge in [-0.25, -0.2) is 0 Å². The average Bonchev–Trinajstić information content (AvgIpc) is 1.62. The number of rotatable bonds is 24. The van der Waals surface area contributed by atoms with Crippen LogP contribution in [-0.2, 0) is 53.1 Å².